The Morgan fingerprint density at radius 3 is 2.62 bits per heavy atom. The predicted molar refractivity (Wildman–Crippen MR) is 104 cm³/mol. The third kappa shape index (κ3) is 3.16. The fourth-order valence-corrected chi connectivity index (χ4v) is 3.45. The smallest absolute Gasteiger partial charge is 0.291 e. The summed E-state index contributed by atoms with van der Waals surface area (Å²) in [6.07, 6.45) is 1.61. The molecule has 0 atom stereocenters. The summed E-state index contributed by atoms with van der Waals surface area (Å²) in [4.78, 5) is 17.2. The van der Waals surface area contributed by atoms with Crippen molar-refractivity contribution in [2.75, 3.05) is 11.9 Å². The van der Waals surface area contributed by atoms with E-state index in [4.69, 9.17) is 4.74 Å². The maximum absolute atomic E-state index is 12.7. The molecule has 130 valence electrons. The first-order chi connectivity index (χ1) is 12.7. The molecule has 0 spiro atoms. The number of rotatable bonds is 5. The molecule has 0 amide bonds. The summed E-state index contributed by atoms with van der Waals surface area (Å²) < 4.78 is 7.39. The number of ether oxygens (including phenoxy) is 1. The number of fused-ring (bicyclic) bond motifs is 1. The summed E-state index contributed by atoms with van der Waals surface area (Å²) in [6, 6.07) is 17.0. The second kappa shape index (κ2) is 6.97. The van der Waals surface area contributed by atoms with Gasteiger partial charge >= 0.3 is 0 Å². The molecule has 0 aliphatic carbocycles. The third-order valence-corrected chi connectivity index (χ3v) is 4.73. The molecule has 6 nitrogen and oxygen atoms in total. The van der Waals surface area contributed by atoms with Crippen molar-refractivity contribution in [3.63, 3.8) is 0 Å². The maximum atomic E-state index is 12.7. The molecule has 2 aromatic carbocycles. The molecular formula is C19H16N4O2S. The molecule has 2 heterocycles. The Balaban J connectivity index is 1.65. The van der Waals surface area contributed by atoms with E-state index in [0.717, 1.165) is 17.1 Å². The number of nitrogens with one attached hydrogen (secondary N) is 1. The monoisotopic (exact) mass is 364 g/mol. The summed E-state index contributed by atoms with van der Waals surface area (Å²) in [5.74, 6) is 0.817. The summed E-state index contributed by atoms with van der Waals surface area (Å²) in [5.41, 5.74) is 2.02. The average Bonchev–Trinajstić information content (AvgIpc) is 3.08. The molecular weight excluding hydrogens is 348 g/mol. The second-order valence-electron chi connectivity index (χ2n) is 5.51. The van der Waals surface area contributed by atoms with Crippen molar-refractivity contribution >= 4 is 32.4 Å². The third-order valence-electron chi connectivity index (χ3n) is 3.75. The van der Waals surface area contributed by atoms with E-state index in [0.29, 0.717) is 22.0 Å². The molecule has 26 heavy (non-hydrogen) atoms. The fraction of sp³-hybridized carbons (Fsp3) is 0.105. The first kappa shape index (κ1) is 16.3. The van der Waals surface area contributed by atoms with E-state index in [1.807, 2.05) is 61.5 Å². The molecule has 0 saturated heterocycles. The number of aromatic nitrogens is 3. The van der Waals surface area contributed by atoms with Gasteiger partial charge in [0.25, 0.3) is 5.56 Å². The highest BCUT2D eigenvalue weighted by atomic mass is 32.1. The molecule has 0 saturated carbocycles. The molecule has 0 aliphatic rings. The number of anilines is 2. The van der Waals surface area contributed by atoms with Crippen molar-refractivity contribution in [2.45, 2.75) is 6.92 Å². The zero-order valence-electron chi connectivity index (χ0n) is 14.0. The molecule has 0 fully saturated rings. The molecule has 4 aromatic rings. The topological polar surface area (TPSA) is 69.0 Å². The van der Waals surface area contributed by atoms with Gasteiger partial charge in [0.1, 0.15) is 16.0 Å². The van der Waals surface area contributed by atoms with Gasteiger partial charge in [-0.1, -0.05) is 29.5 Å². The van der Waals surface area contributed by atoms with Gasteiger partial charge in [-0.2, -0.15) is 9.78 Å². The number of thiazole rings is 1. The lowest BCUT2D eigenvalue weighted by Gasteiger charge is -2.05. The number of benzene rings is 2. The van der Waals surface area contributed by atoms with Crippen molar-refractivity contribution in [2.24, 2.45) is 0 Å². The first-order valence-corrected chi connectivity index (χ1v) is 9.00. The van der Waals surface area contributed by atoms with Crippen LogP contribution in [0.4, 0.5) is 10.8 Å². The van der Waals surface area contributed by atoms with Gasteiger partial charge in [-0.25, -0.2) is 4.98 Å². The Hall–Kier alpha value is -3.19. The Bertz CT molecular complexity index is 1090. The highest BCUT2D eigenvalue weighted by molar-refractivity contribution is 7.22. The van der Waals surface area contributed by atoms with Crippen molar-refractivity contribution < 1.29 is 4.74 Å². The van der Waals surface area contributed by atoms with Crippen molar-refractivity contribution in [3.05, 3.63) is 71.1 Å². The largest absolute Gasteiger partial charge is 0.494 e. The molecule has 0 radical (unpaired) electrons. The first-order valence-electron chi connectivity index (χ1n) is 8.19. The van der Waals surface area contributed by atoms with Crippen LogP contribution < -0.4 is 15.6 Å². The number of hydrogen-bond acceptors (Lipinski definition) is 6. The van der Waals surface area contributed by atoms with Crippen LogP contribution in [0, 0.1) is 0 Å². The number of hydrogen-bond donors (Lipinski definition) is 1. The van der Waals surface area contributed by atoms with Gasteiger partial charge < -0.3 is 10.1 Å². The van der Waals surface area contributed by atoms with Crippen LogP contribution in [0.5, 0.6) is 5.75 Å². The zero-order valence-corrected chi connectivity index (χ0v) is 14.9. The van der Waals surface area contributed by atoms with E-state index >= 15 is 0 Å². The van der Waals surface area contributed by atoms with Gasteiger partial charge in [-0.15, -0.1) is 0 Å². The average molecular weight is 364 g/mol. The van der Waals surface area contributed by atoms with Crippen molar-refractivity contribution in [3.8, 4) is 11.4 Å². The van der Waals surface area contributed by atoms with Crippen LogP contribution in [0.1, 0.15) is 6.92 Å². The van der Waals surface area contributed by atoms with Crippen LogP contribution in [-0.2, 0) is 0 Å². The van der Waals surface area contributed by atoms with Gasteiger partial charge in [0.15, 0.2) is 5.13 Å². The molecule has 0 aliphatic heterocycles. The van der Waals surface area contributed by atoms with Gasteiger partial charge in [-0.3, -0.25) is 4.79 Å². The highest BCUT2D eigenvalue weighted by Crippen LogP contribution is 2.26. The lowest BCUT2D eigenvalue weighted by Crippen LogP contribution is -2.19. The van der Waals surface area contributed by atoms with Crippen LogP contribution in [0.25, 0.3) is 15.9 Å². The van der Waals surface area contributed by atoms with E-state index in [1.165, 1.54) is 16.0 Å². The Labute approximate surface area is 153 Å². The van der Waals surface area contributed by atoms with Crippen LogP contribution in [0.15, 0.2) is 65.6 Å². The predicted octanol–water partition coefficient (Wildman–Crippen LogP) is 3.98. The molecule has 0 bridgehead atoms. The molecule has 2 aromatic heterocycles. The van der Waals surface area contributed by atoms with Gasteiger partial charge in [0, 0.05) is 5.69 Å². The lowest BCUT2D eigenvalue weighted by atomic mass is 10.3. The summed E-state index contributed by atoms with van der Waals surface area (Å²) in [5, 5.41) is 8.11. The van der Waals surface area contributed by atoms with Gasteiger partial charge in [-0.05, 0) is 43.3 Å². The molecule has 7 heteroatoms. The van der Waals surface area contributed by atoms with Crippen LogP contribution in [0.2, 0.25) is 0 Å². The van der Waals surface area contributed by atoms with E-state index in [9.17, 15) is 4.79 Å². The van der Waals surface area contributed by atoms with E-state index in [-0.39, 0.29) is 5.56 Å². The zero-order chi connectivity index (χ0) is 17.9. The lowest BCUT2D eigenvalue weighted by molar-refractivity contribution is 0.340. The molecule has 4 rings (SSSR count). The Morgan fingerprint density at radius 1 is 1.12 bits per heavy atom. The van der Waals surface area contributed by atoms with Crippen LogP contribution >= 0.6 is 11.3 Å². The fourth-order valence-electron chi connectivity index (χ4n) is 2.56. The van der Waals surface area contributed by atoms with Crippen LogP contribution in [-0.4, -0.2) is 21.4 Å². The second-order valence-corrected chi connectivity index (χ2v) is 6.51. The minimum atomic E-state index is -0.175. The van der Waals surface area contributed by atoms with Crippen molar-refractivity contribution in [1.29, 1.82) is 0 Å². The van der Waals surface area contributed by atoms with E-state index < -0.39 is 0 Å². The van der Waals surface area contributed by atoms with Gasteiger partial charge in [0.2, 0.25) is 0 Å². The Kier molecular flexibility index (Phi) is 4.37. The SMILES string of the molecule is CCOc1ccc(Nc2nc3cnn(-c4ccccc4)c(=O)c3s2)cc1. The van der Waals surface area contributed by atoms with E-state index in [1.54, 1.807) is 6.20 Å². The number of para-hydroxylation sites is 1. The summed E-state index contributed by atoms with van der Waals surface area (Å²) in [7, 11) is 0. The minimum Gasteiger partial charge on any atom is -0.494 e. The van der Waals surface area contributed by atoms with Crippen molar-refractivity contribution in [1.82, 2.24) is 14.8 Å². The highest BCUT2D eigenvalue weighted by Gasteiger charge is 2.11. The molecule has 1 N–H and O–H groups in total. The number of nitrogens with zero attached hydrogens (tertiary/aromatic N) is 3. The maximum Gasteiger partial charge on any atom is 0.291 e. The molecule has 0 unspecified atom stereocenters. The Morgan fingerprint density at radius 2 is 1.88 bits per heavy atom. The van der Waals surface area contributed by atoms with Crippen LogP contribution in [0.3, 0.4) is 0 Å². The summed E-state index contributed by atoms with van der Waals surface area (Å²) >= 11 is 1.32. The van der Waals surface area contributed by atoms with Gasteiger partial charge in [0.05, 0.1) is 18.5 Å². The van der Waals surface area contributed by atoms with E-state index in [2.05, 4.69) is 15.4 Å². The summed E-state index contributed by atoms with van der Waals surface area (Å²) in [6.45, 7) is 2.58. The minimum absolute atomic E-state index is 0.175. The quantitative estimate of drug-likeness (QED) is 0.580. The normalized spacial score (nSPS) is 10.8. The standard InChI is InChI=1S/C19H16N4O2S/c1-2-25-15-10-8-13(9-11-15)21-19-22-16-12-20-23(18(24)17(16)26-19)14-6-4-3-5-7-14/h3-12H,2H2,1H3,(H,21,22).